The number of nitrogens with two attached hydrogens (primary N) is 1. The summed E-state index contributed by atoms with van der Waals surface area (Å²) in [5.41, 5.74) is 6.55. The molecule has 1 aromatic carbocycles. The fourth-order valence-corrected chi connectivity index (χ4v) is 2.05. The molecule has 0 unspecified atom stereocenters. The second-order valence-corrected chi connectivity index (χ2v) is 3.94. The number of benzene rings is 1. The smallest absolute Gasteiger partial charge is 0.0540 e. The van der Waals surface area contributed by atoms with Crippen LogP contribution in [0.15, 0.2) is 29.0 Å². The molecule has 2 nitrogen and oxygen atoms in total. The number of hydrogen-bond donors (Lipinski definition) is 1. The van der Waals surface area contributed by atoms with Gasteiger partial charge < -0.3 is 5.73 Å². The molecule has 0 atom stereocenters. The van der Waals surface area contributed by atoms with E-state index in [0.29, 0.717) is 10.7 Å². The van der Waals surface area contributed by atoms with Crippen molar-refractivity contribution in [2.45, 2.75) is 0 Å². The topological polar surface area (TPSA) is 38.9 Å². The number of hydrogen-bond acceptors (Lipinski definition) is 2. The van der Waals surface area contributed by atoms with Crippen molar-refractivity contribution in [1.29, 1.82) is 0 Å². The fourth-order valence-electron chi connectivity index (χ4n) is 1.22. The van der Waals surface area contributed by atoms with Gasteiger partial charge in [0.25, 0.3) is 0 Å². The third-order valence-corrected chi connectivity index (χ3v) is 2.85. The summed E-state index contributed by atoms with van der Waals surface area (Å²) < 4.78 is 0.816. The number of pyridine rings is 1. The highest BCUT2D eigenvalue weighted by molar-refractivity contribution is 9.10. The van der Waals surface area contributed by atoms with E-state index in [1.165, 1.54) is 0 Å². The second-order valence-electron chi connectivity index (χ2n) is 2.68. The minimum atomic E-state index is 0.657. The Kier molecular flexibility index (Phi) is 2.14. The largest absolute Gasteiger partial charge is 0.397 e. The van der Waals surface area contributed by atoms with Crippen molar-refractivity contribution in [3.05, 3.63) is 34.0 Å². The molecule has 0 saturated heterocycles. The Hall–Kier alpha value is -0.800. The van der Waals surface area contributed by atoms with Crippen molar-refractivity contribution in [2.75, 3.05) is 5.73 Å². The molecule has 0 bridgehead atoms. The van der Waals surface area contributed by atoms with Gasteiger partial charge in [-0.3, -0.25) is 4.98 Å². The van der Waals surface area contributed by atoms with Crippen LogP contribution in [0.5, 0.6) is 0 Å². The van der Waals surface area contributed by atoms with Crippen molar-refractivity contribution < 1.29 is 0 Å². The first kappa shape index (κ1) is 8.78. The molecule has 0 saturated carbocycles. The molecule has 0 radical (unpaired) electrons. The Balaban J connectivity index is 2.97. The molecule has 0 aliphatic heterocycles. The van der Waals surface area contributed by atoms with E-state index in [1.807, 2.05) is 6.07 Å². The van der Waals surface area contributed by atoms with Crippen LogP contribution in [0.25, 0.3) is 10.8 Å². The highest BCUT2D eigenvalue weighted by atomic mass is 79.9. The molecule has 0 fully saturated rings. The van der Waals surface area contributed by atoms with Crippen LogP contribution in [0.3, 0.4) is 0 Å². The maximum absolute atomic E-state index is 6.01. The number of rotatable bonds is 0. The molecular weight excluding hydrogens is 251 g/mol. The van der Waals surface area contributed by atoms with Crippen LogP contribution in [0.2, 0.25) is 5.02 Å². The summed E-state index contributed by atoms with van der Waals surface area (Å²) in [6.45, 7) is 0. The first-order valence-electron chi connectivity index (χ1n) is 3.67. The molecule has 2 N–H and O–H groups in total. The molecule has 1 heterocycles. The average Bonchev–Trinajstić information content (AvgIpc) is 2.15. The Morgan fingerprint density at radius 1 is 1.38 bits per heavy atom. The Morgan fingerprint density at radius 2 is 2.15 bits per heavy atom. The van der Waals surface area contributed by atoms with Gasteiger partial charge in [-0.05, 0) is 28.1 Å². The molecule has 0 aliphatic carbocycles. The van der Waals surface area contributed by atoms with Gasteiger partial charge in [-0.25, -0.2) is 0 Å². The van der Waals surface area contributed by atoms with Gasteiger partial charge >= 0.3 is 0 Å². The minimum absolute atomic E-state index is 0.657. The minimum Gasteiger partial charge on any atom is -0.397 e. The normalized spacial score (nSPS) is 10.6. The van der Waals surface area contributed by atoms with Crippen LogP contribution in [0, 0.1) is 0 Å². The van der Waals surface area contributed by atoms with Crippen LogP contribution >= 0.6 is 27.5 Å². The van der Waals surface area contributed by atoms with E-state index in [2.05, 4.69) is 20.9 Å². The van der Waals surface area contributed by atoms with E-state index in [9.17, 15) is 0 Å². The van der Waals surface area contributed by atoms with Gasteiger partial charge in [-0.1, -0.05) is 11.6 Å². The quantitative estimate of drug-likeness (QED) is 0.736. The van der Waals surface area contributed by atoms with Gasteiger partial charge in [0.05, 0.1) is 10.7 Å². The van der Waals surface area contributed by atoms with Gasteiger partial charge in [-0.2, -0.15) is 0 Å². The van der Waals surface area contributed by atoms with E-state index >= 15 is 0 Å². The molecule has 0 spiro atoms. The molecule has 13 heavy (non-hydrogen) atoms. The van der Waals surface area contributed by atoms with Gasteiger partial charge in [0.1, 0.15) is 0 Å². The van der Waals surface area contributed by atoms with E-state index in [1.54, 1.807) is 18.5 Å². The molecule has 0 aliphatic rings. The zero-order valence-electron chi connectivity index (χ0n) is 6.59. The van der Waals surface area contributed by atoms with E-state index < -0.39 is 0 Å². The van der Waals surface area contributed by atoms with Crippen LogP contribution in [-0.4, -0.2) is 4.98 Å². The summed E-state index contributed by atoms with van der Waals surface area (Å²) in [6, 6.07) is 3.63. The number of anilines is 1. The Labute approximate surface area is 88.8 Å². The van der Waals surface area contributed by atoms with Gasteiger partial charge in [0.2, 0.25) is 0 Å². The number of halogens is 2. The van der Waals surface area contributed by atoms with Crippen molar-refractivity contribution in [3.63, 3.8) is 0 Å². The number of nitrogen functional groups attached to an aromatic ring is 1. The first-order chi connectivity index (χ1) is 6.20. The van der Waals surface area contributed by atoms with Crippen molar-refractivity contribution in [3.8, 4) is 0 Å². The molecule has 66 valence electrons. The van der Waals surface area contributed by atoms with Crippen molar-refractivity contribution in [2.24, 2.45) is 0 Å². The summed E-state index contributed by atoms with van der Waals surface area (Å²) in [5, 5.41) is 2.46. The van der Waals surface area contributed by atoms with Gasteiger partial charge in [-0.15, -0.1) is 0 Å². The van der Waals surface area contributed by atoms with E-state index in [4.69, 9.17) is 17.3 Å². The lowest BCUT2D eigenvalue weighted by atomic mass is 10.1. The first-order valence-corrected chi connectivity index (χ1v) is 4.84. The predicted octanol–water partition coefficient (Wildman–Crippen LogP) is 3.23. The highest BCUT2D eigenvalue weighted by Crippen LogP contribution is 2.33. The average molecular weight is 258 g/mol. The van der Waals surface area contributed by atoms with E-state index in [-0.39, 0.29) is 0 Å². The maximum atomic E-state index is 6.01. The predicted molar refractivity (Wildman–Crippen MR) is 58.9 cm³/mol. The molecule has 4 heteroatoms. The molecule has 0 amide bonds. The maximum Gasteiger partial charge on any atom is 0.0540 e. The highest BCUT2D eigenvalue weighted by Gasteiger charge is 2.05. The van der Waals surface area contributed by atoms with Crippen molar-refractivity contribution in [1.82, 2.24) is 4.98 Å². The van der Waals surface area contributed by atoms with Crippen LogP contribution in [0.4, 0.5) is 5.69 Å². The third kappa shape index (κ3) is 1.38. The molecule has 2 aromatic rings. The second kappa shape index (κ2) is 3.16. The Morgan fingerprint density at radius 3 is 2.92 bits per heavy atom. The zero-order chi connectivity index (χ0) is 9.42. The van der Waals surface area contributed by atoms with Crippen LogP contribution in [0.1, 0.15) is 0 Å². The third-order valence-electron chi connectivity index (χ3n) is 1.88. The standard InChI is InChI=1S/C9H6BrClN2/c10-7-3-8(11)6-4-13-2-1-5(6)9(7)12/h1-4H,12H2. The van der Waals surface area contributed by atoms with Crippen LogP contribution in [-0.2, 0) is 0 Å². The lowest BCUT2D eigenvalue weighted by Gasteiger charge is -2.05. The summed E-state index contributed by atoms with van der Waals surface area (Å²) >= 11 is 9.35. The monoisotopic (exact) mass is 256 g/mol. The molecule has 2 rings (SSSR count). The summed E-state index contributed by atoms with van der Waals surface area (Å²) in [6.07, 6.45) is 3.40. The number of aromatic nitrogens is 1. The summed E-state index contributed by atoms with van der Waals surface area (Å²) in [7, 11) is 0. The SMILES string of the molecule is Nc1c(Br)cc(Cl)c2cnccc12. The van der Waals surface area contributed by atoms with Crippen LogP contribution < -0.4 is 5.73 Å². The lowest BCUT2D eigenvalue weighted by molar-refractivity contribution is 1.36. The molecule has 1 aromatic heterocycles. The van der Waals surface area contributed by atoms with Crippen molar-refractivity contribution >= 4 is 44.0 Å². The number of nitrogens with zero attached hydrogens (tertiary/aromatic N) is 1. The van der Waals surface area contributed by atoms with E-state index in [0.717, 1.165) is 15.2 Å². The molecular formula is C9H6BrClN2. The van der Waals surface area contributed by atoms with Gasteiger partial charge in [0, 0.05) is 27.6 Å². The fraction of sp³-hybridized carbons (Fsp3) is 0. The summed E-state index contributed by atoms with van der Waals surface area (Å²) in [4.78, 5) is 3.99. The lowest BCUT2D eigenvalue weighted by Crippen LogP contribution is -1.89. The Bertz CT molecular complexity index is 470. The van der Waals surface area contributed by atoms with Gasteiger partial charge in [0.15, 0.2) is 0 Å². The number of fused-ring (bicyclic) bond motifs is 1. The summed E-state index contributed by atoms with van der Waals surface area (Å²) in [5.74, 6) is 0. The zero-order valence-corrected chi connectivity index (χ0v) is 8.93.